The van der Waals surface area contributed by atoms with Crippen LogP contribution in [0.15, 0.2) is 27.4 Å². The van der Waals surface area contributed by atoms with Crippen molar-refractivity contribution < 1.29 is 14.1 Å². The summed E-state index contributed by atoms with van der Waals surface area (Å²) in [7, 11) is 0. The molecular weight excluding hydrogens is 314 g/mol. The molecule has 0 aliphatic carbocycles. The number of hydrogen-bond donors (Lipinski definition) is 1. The standard InChI is InChI=1S/C16H21N3O5/c1-10(2)11(3)17-15(20)5-4-8-18-13-7-6-12(19(22)23)9-14(13)24-16(18)21/h6-7,9-11H,4-5,8H2,1-3H3,(H,17,20). The second-order valence-corrected chi connectivity index (χ2v) is 6.13. The quantitative estimate of drug-likeness (QED) is 0.617. The van der Waals surface area contributed by atoms with Gasteiger partial charge in [0.1, 0.15) is 0 Å². The molecule has 1 atom stereocenters. The lowest BCUT2D eigenvalue weighted by Gasteiger charge is -2.17. The first-order valence-electron chi connectivity index (χ1n) is 7.86. The van der Waals surface area contributed by atoms with E-state index in [9.17, 15) is 19.7 Å². The minimum atomic E-state index is -0.582. The lowest BCUT2D eigenvalue weighted by Crippen LogP contribution is -2.36. The van der Waals surface area contributed by atoms with Gasteiger partial charge in [-0.05, 0) is 25.3 Å². The van der Waals surface area contributed by atoms with E-state index in [0.29, 0.717) is 30.8 Å². The summed E-state index contributed by atoms with van der Waals surface area (Å²) in [5.41, 5.74) is 0.527. The van der Waals surface area contributed by atoms with Gasteiger partial charge in [-0.15, -0.1) is 0 Å². The van der Waals surface area contributed by atoms with Crippen molar-refractivity contribution in [2.24, 2.45) is 5.92 Å². The molecule has 0 bridgehead atoms. The molecule has 0 fully saturated rings. The van der Waals surface area contributed by atoms with Crippen molar-refractivity contribution in [1.29, 1.82) is 0 Å². The fraction of sp³-hybridized carbons (Fsp3) is 0.500. The zero-order valence-electron chi connectivity index (χ0n) is 13.9. The number of carbonyl (C=O) groups excluding carboxylic acids is 1. The molecule has 130 valence electrons. The molecule has 8 nitrogen and oxygen atoms in total. The molecule has 0 saturated heterocycles. The Bertz CT molecular complexity index is 806. The van der Waals surface area contributed by atoms with Gasteiger partial charge in [0.25, 0.3) is 5.69 Å². The summed E-state index contributed by atoms with van der Waals surface area (Å²) in [4.78, 5) is 34.0. The van der Waals surface area contributed by atoms with Crippen LogP contribution in [-0.4, -0.2) is 21.4 Å². The number of fused-ring (bicyclic) bond motifs is 1. The topological polar surface area (TPSA) is 107 Å². The van der Waals surface area contributed by atoms with E-state index >= 15 is 0 Å². The molecule has 1 aromatic carbocycles. The number of benzene rings is 1. The number of nitro benzene ring substituents is 1. The average Bonchev–Trinajstić information content (AvgIpc) is 2.82. The van der Waals surface area contributed by atoms with Crippen LogP contribution in [0.2, 0.25) is 0 Å². The van der Waals surface area contributed by atoms with Crippen molar-refractivity contribution in [1.82, 2.24) is 9.88 Å². The number of carbonyl (C=O) groups is 1. The number of nitrogens with one attached hydrogen (secondary N) is 1. The number of rotatable bonds is 7. The summed E-state index contributed by atoms with van der Waals surface area (Å²) in [6.07, 6.45) is 0.769. The normalized spacial score (nSPS) is 12.5. The van der Waals surface area contributed by atoms with Crippen molar-refractivity contribution in [3.8, 4) is 0 Å². The Labute approximate surface area is 138 Å². The number of non-ortho nitro benzene ring substituents is 1. The number of nitrogens with zero attached hydrogens (tertiary/aromatic N) is 2. The highest BCUT2D eigenvalue weighted by molar-refractivity contribution is 5.77. The summed E-state index contributed by atoms with van der Waals surface area (Å²) in [5.74, 6) is -0.292. The molecule has 0 spiro atoms. The van der Waals surface area contributed by atoms with Gasteiger partial charge in [-0.3, -0.25) is 19.5 Å². The molecule has 2 rings (SSSR count). The fourth-order valence-electron chi connectivity index (χ4n) is 2.27. The number of hydrogen-bond acceptors (Lipinski definition) is 5. The zero-order valence-corrected chi connectivity index (χ0v) is 13.9. The molecule has 1 unspecified atom stereocenters. The van der Waals surface area contributed by atoms with E-state index in [1.807, 2.05) is 20.8 Å². The second-order valence-electron chi connectivity index (χ2n) is 6.13. The van der Waals surface area contributed by atoms with Crippen LogP contribution in [0.1, 0.15) is 33.6 Å². The van der Waals surface area contributed by atoms with Gasteiger partial charge in [-0.1, -0.05) is 13.8 Å². The largest absolute Gasteiger partial charge is 0.419 e. The Balaban J connectivity index is 2.03. The summed E-state index contributed by atoms with van der Waals surface area (Å²) < 4.78 is 6.43. The van der Waals surface area contributed by atoms with Gasteiger partial charge in [0, 0.05) is 25.1 Å². The Morgan fingerprint density at radius 3 is 2.71 bits per heavy atom. The van der Waals surface area contributed by atoms with Crippen LogP contribution in [0.4, 0.5) is 5.69 Å². The summed E-state index contributed by atoms with van der Waals surface area (Å²) in [5, 5.41) is 13.7. The highest BCUT2D eigenvalue weighted by Gasteiger charge is 2.15. The fourth-order valence-corrected chi connectivity index (χ4v) is 2.27. The first kappa shape index (κ1) is 17.7. The van der Waals surface area contributed by atoms with E-state index < -0.39 is 10.7 Å². The minimum absolute atomic E-state index is 0.0623. The lowest BCUT2D eigenvalue weighted by molar-refractivity contribution is -0.384. The maximum atomic E-state index is 11.9. The SMILES string of the molecule is CC(C)C(C)NC(=O)CCCn1c(=O)oc2cc([N+](=O)[O-])ccc21. The molecule has 0 radical (unpaired) electrons. The van der Waals surface area contributed by atoms with E-state index in [1.165, 1.54) is 22.8 Å². The van der Waals surface area contributed by atoms with Gasteiger partial charge in [0.15, 0.2) is 5.58 Å². The number of amides is 1. The smallest absolute Gasteiger partial charge is 0.407 e. The van der Waals surface area contributed by atoms with Gasteiger partial charge in [0.2, 0.25) is 5.91 Å². The van der Waals surface area contributed by atoms with Crippen molar-refractivity contribution in [2.75, 3.05) is 0 Å². The van der Waals surface area contributed by atoms with Gasteiger partial charge in [-0.25, -0.2) is 4.79 Å². The lowest BCUT2D eigenvalue weighted by atomic mass is 10.1. The van der Waals surface area contributed by atoms with E-state index in [-0.39, 0.29) is 23.2 Å². The average molecular weight is 335 g/mol. The molecule has 0 aliphatic rings. The monoisotopic (exact) mass is 335 g/mol. The second kappa shape index (κ2) is 7.29. The molecule has 1 N–H and O–H groups in total. The molecule has 1 aromatic heterocycles. The van der Waals surface area contributed by atoms with Crippen molar-refractivity contribution in [2.45, 2.75) is 46.2 Å². The number of oxazole rings is 1. The Morgan fingerprint density at radius 1 is 1.38 bits per heavy atom. The summed E-state index contributed by atoms with van der Waals surface area (Å²) in [6, 6.07) is 4.13. The summed E-state index contributed by atoms with van der Waals surface area (Å²) >= 11 is 0. The van der Waals surface area contributed by atoms with Crippen LogP contribution in [0.3, 0.4) is 0 Å². The van der Waals surface area contributed by atoms with Crippen LogP contribution >= 0.6 is 0 Å². The van der Waals surface area contributed by atoms with E-state index in [2.05, 4.69) is 5.32 Å². The predicted molar refractivity (Wildman–Crippen MR) is 88.8 cm³/mol. The van der Waals surface area contributed by atoms with Gasteiger partial charge < -0.3 is 9.73 Å². The van der Waals surface area contributed by atoms with E-state index in [4.69, 9.17) is 4.42 Å². The molecular formula is C16H21N3O5. The molecule has 24 heavy (non-hydrogen) atoms. The molecule has 1 amide bonds. The third-order valence-electron chi connectivity index (χ3n) is 4.04. The van der Waals surface area contributed by atoms with Crippen molar-refractivity contribution in [3.05, 3.63) is 38.9 Å². The third kappa shape index (κ3) is 4.01. The molecule has 1 heterocycles. The van der Waals surface area contributed by atoms with Gasteiger partial charge in [-0.2, -0.15) is 0 Å². The van der Waals surface area contributed by atoms with Crippen molar-refractivity contribution >= 4 is 22.7 Å². The van der Waals surface area contributed by atoms with Crippen LogP contribution in [0, 0.1) is 16.0 Å². The van der Waals surface area contributed by atoms with Crippen LogP contribution < -0.4 is 11.1 Å². The Kier molecular flexibility index (Phi) is 5.38. The maximum absolute atomic E-state index is 11.9. The molecule has 0 saturated carbocycles. The predicted octanol–water partition coefficient (Wildman–Crippen LogP) is 2.44. The van der Waals surface area contributed by atoms with Gasteiger partial charge >= 0.3 is 5.76 Å². The zero-order chi connectivity index (χ0) is 17.9. The number of nitro groups is 1. The number of aryl methyl sites for hydroxylation is 1. The van der Waals surface area contributed by atoms with Gasteiger partial charge in [0.05, 0.1) is 16.5 Å². The molecule has 2 aromatic rings. The van der Waals surface area contributed by atoms with E-state index in [1.54, 1.807) is 0 Å². The summed E-state index contributed by atoms with van der Waals surface area (Å²) in [6.45, 7) is 6.32. The molecule has 8 heteroatoms. The maximum Gasteiger partial charge on any atom is 0.419 e. The van der Waals surface area contributed by atoms with E-state index in [0.717, 1.165) is 0 Å². The highest BCUT2D eigenvalue weighted by atomic mass is 16.6. The highest BCUT2D eigenvalue weighted by Crippen LogP contribution is 2.20. The molecule has 0 aliphatic heterocycles. The Morgan fingerprint density at radius 2 is 2.08 bits per heavy atom. The van der Waals surface area contributed by atoms with Crippen LogP contribution in [-0.2, 0) is 11.3 Å². The van der Waals surface area contributed by atoms with Crippen molar-refractivity contribution in [3.63, 3.8) is 0 Å². The Hall–Kier alpha value is -2.64. The minimum Gasteiger partial charge on any atom is -0.407 e. The third-order valence-corrected chi connectivity index (χ3v) is 4.04. The van der Waals surface area contributed by atoms with Crippen LogP contribution in [0.5, 0.6) is 0 Å². The first-order chi connectivity index (χ1) is 11.3. The number of aromatic nitrogens is 1. The first-order valence-corrected chi connectivity index (χ1v) is 7.86. The van der Waals surface area contributed by atoms with Crippen LogP contribution in [0.25, 0.3) is 11.1 Å².